The van der Waals surface area contributed by atoms with Gasteiger partial charge in [-0.2, -0.15) is 5.26 Å². The number of nitriles is 1. The first-order valence-electron chi connectivity index (χ1n) is 7.93. The molecule has 0 bridgehead atoms. The van der Waals surface area contributed by atoms with Gasteiger partial charge >= 0.3 is 0 Å². The summed E-state index contributed by atoms with van der Waals surface area (Å²) >= 11 is 1.61. The van der Waals surface area contributed by atoms with Gasteiger partial charge in [0.25, 0.3) is 0 Å². The van der Waals surface area contributed by atoms with Gasteiger partial charge < -0.3 is 10.6 Å². The highest BCUT2D eigenvalue weighted by atomic mass is 32.1. The minimum atomic E-state index is 0.0161. The van der Waals surface area contributed by atoms with E-state index in [2.05, 4.69) is 13.0 Å². The van der Waals surface area contributed by atoms with Crippen LogP contribution in [0.15, 0.2) is 29.7 Å². The monoisotopic (exact) mass is 337 g/mol. The van der Waals surface area contributed by atoms with Crippen LogP contribution in [0.4, 0.5) is 5.69 Å². The number of benzene rings is 1. The van der Waals surface area contributed by atoms with Crippen molar-refractivity contribution in [1.82, 2.24) is 4.90 Å². The van der Waals surface area contributed by atoms with Crippen LogP contribution in [-0.2, 0) is 4.79 Å². The predicted molar refractivity (Wildman–Crippen MR) is 98.5 cm³/mol. The van der Waals surface area contributed by atoms with Crippen molar-refractivity contribution in [2.75, 3.05) is 18.8 Å². The Morgan fingerprint density at radius 2 is 2.21 bits per heavy atom. The van der Waals surface area contributed by atoms with Gasteiger partial charge in [-0.3, -0.25) is 4.79 Å². The normalized spacial score (nSPS) is 14.0. The molecule has 0 spiro atoms. The second-order valence-electron chi connectivity index (χ2n) is 5.91. The fraction of sp³-hybridized carbons (Fsp3) is 0.263. The van der Waals surface area contributed by atoms with E-state index in [0.717, 1.165) is 40.1 Å². The molecule has 1 aromatic carbocycles. The van der Waals surface area contributed by atoms with Gasteiger partial charge in [-0.05, 0) is 42.0 Å². The molecule has 2 heterocycles. The molecule has 2 N–H and O–H groups in total. The summed E-state index contributed by atoms with van der Waals surface area (Å²) in [5, 5.41) is 11.6. The molecule has 3 rings (SSSR count). The van der Waals surface area contributed by atoms with Crippen molar-refractivity contribution in [1.29, 1.82) is 5.26 Å². The SMILES string of the molecule is CCCN1CC(c2c(C#N)cc(N)c(C)c2-c2cccs2)=CC1=O. The molecular weight excluding hydrogens is 318 g/mol. The fourth-order valence-corrected chi connectivity index (χ4v) is 3.97. The first kappa shape index (κ1) is 16.3. The number of nitrogens with zero attached hydrogens (tertiary/aromatic N) is 2. The van der Waals surface area contributed by atoms with E-state index in [1.807, 2.05) is 29.3 Å². The Kier molecular flexibility index (Phi) is 4.41. The Morgan fingerprint density at radius 3 is 2.83 bits per heavy atom. The summed E-state index contributed by atoms with van der Waals surface area (Å²) in [4.78, 5) is 15.1. The van der Waals surface area contributed by atoms with Crippen LogP contribution in [0.2, 0.25) is 0 Å². The van der Waals surface area contributed by atoms with Crippen molar-refractivity contribution >= 4 is 28.5 Å². The number of nitrogen functional groups attached to an aromatic ring is 1. The van der Waals surface area contributed by atoms with Crippen molar-refractivity contribution in [2.45, 2.75) is 20.3 Å². The Morgan fingerprint density at radius 1 is 1.42 bits per heavy atom. The van der Waals surface area contributed by atoms with Crippen LogP contribution in [-0.4, -0.2) is 23.9 Å². The molecule has 0 saturated carbocycles. The quantitative estimate of drug-likeness (QED) is 0.862. The van der Waals surface area contributed by atoms with Gasteiger partial charge in [-0.1, -0.05) is 13.0 Å². The minimum Gasteiger partial charge on any atom is -0.398 e. The highest BCUT2D eigenvalue weighted by molar-refractivity contribution is 7.13. The second kappa shape index (κ2) is 6.50. The molecular formula is C19H19N3OS. The summed E-state index contributed by atoms with van der Waals surface area (Å²) in [7, 11) is 0. The lowest BCUT2D eigenvalue weighted by atomic mass is 9.89. The molecule has 0 radical (unpaired) electrons. The molecule has 1 aromatic heterocycles. The van der Waals surface area contributed by atoms with E-state index in [1.165, 1.54) is 0 Å². The number of carbonyl (C=O) groups excluding carboxylic acids is 1. The zero-order valence-electron chi connectivity index (χ0n) is 13.8. The summed E-state index contributed by atoms with van der Waals surface area (Å²) in [5.74, 6) is 0.0161. The molecule has 24 heavy (non-hydrogen) atoms. The maximum absolute atomic E-state index is 12.2. The summed E-state index contributed by atoms with van der Waals surface area (Å²) in [6, 6.07) is 7.98. The lowest BCUT2D eigenvalue weighted by molar-refractivity contribution is -0.124. The first-order chi connectivity index (χ1) is 11.6. The zero-order valence-corrected chi connectivity index (χ0v) is 14.6. The van der Waals surface area contributed by atoms with Crippen LogP contribution in [0.5, 0.6) is 0 Å². The molecule has 1 aliphatic heterocycles. The summed E-state index contributed by atoms with van der Waals surface area (Å²) < 4.78 is 0. The van der Waals surface area contributed by atoms with E-state index in [9.17, 15) is 10.1 Å². The summed E-state index contributed by atoms with van der Waals surface area (Å²) in [6.07, 6.45) is 2.58. The third-order valence-corrected chi connectivity index (χ3v) is 5.19. The number of rotatable bonds is 4. The third-order valence-electron chi connectivity index (χ3n) is 4.30. The molecule has 5 heteroatoms. The molecule has 2 aromatic rings. The van der Waals surface area contributed by atoms with Gasteiger partial charge in [0.2, 0.25) is 5.91 Å². The van der Waals surface area contributed by atoms with Gasteiger partial charge in [-0.25, -0.2) is 0 Å². The Hall–Kier alpha value is -2.58. The van der Waals surface area contributed by atoms with E-state index >= 15 is 0 Å². The lowest BCUT2D eigenvalue weighted by Gasteiger charge is -2.19. The van der Waals surface area contributed by atoms with Crippen LogP contribution >= 0.6 is 11.3 Å². The van der Waals surface area contributed by atoms with Crippen LogP contribution in [0.3, 0.4) is 0 Å². The van der Waals surface area contributed by atoms with E-state index in [-0.39, 0.29) is 5.91 Å². The number of nitrogens with two attached hydrogens (primary N) is 1. The number of carbonyl (C=O) groups is 1. The van der Waals surface area contributed by atoms with Crippen LogP contribution < -0.4 is 5.73 Å². The van der Waals surface area contributed by atoms with Gasteiger partial charge in [-0.15, -0.1) is 11.3 Å². The molecule has 0 atom stereocenters. The van der Waals surface area contributed by atoms with Crippen LogP contribution in [0.1, 0.15) is 30.0 Å². The average molecular weight is 337 g/mol. The molecule has 0 saturated heterocycles. The molecule has 4 nitrogen and oxygen atoms in total. The topological polar surface area (TPSA) is 70.1 Å². The zero-order chi connectivity index (χ0) is 17.3. The number of anilines is 1. The number of hydrogen-bond donors (Lipinski definition) is 1. The maximum Gasteiger partial charge on any atom is 0.247 e. The molecule has 0 fully saturated rings. The van der Waals surface area contributed by atoms with E-state index in [0.29, 0.717) is 17.8 Å². The Balaban J connectivity index is 2.21. The minimum absolute atomic E-state index is 0.0161. The highest BCUT2D eigenvalue weighted by Crippen LogP contribution is 2.40. The number of hydrogen-bond acceptors (Lipinski definition) is 4. The summed E-state index contributed by atoms with van der Waals surface area (Å²) in [5.41, 5.74) is 10.9. The molecule has 1 aliphatic rings. The van der Waals surface area contributed by atoms with Crippen molar-refractivity contribution in [3.05, 3.63) is 46.3 Å². The highest BCUT2D eigenvalue weighted by Gasteiger charge is 2.27. The van der Waals surface area contributed by atoms with E-state index in [4.69, 9.17) is 5.73 Å². The molecule has 0 unspecified atom stereocenters. The second-order valence-corrected chi connectivity index (χ2v) is 6.85. The largest absolute Gasteiger partial charge is 0.398 e. The number of thiophene rings is 1. The van der Waals surface area contributed by atoms with Crippen LogP contribution in [0.25, 0.3) is 16.0 Å². The maximum atomic E-state index is 12.2. The Bertz CT molecular complexity index is 860. The predicted octanol–water partition coefficient (Wildman–Crippen LogP) is 3.81. The van der Waals surface area contributed by atoms with Crippen molar-refractivity contribution < 1.29 is 4.79 Å². The van der Waals surface area contributed by atoms with Gasteiger partial charge in [0.15, 0.2) is 0 Å². The van der Waals surface area contributed by atoms with E-state index in [1.54, 1.807) is 23.5 Å². The van der Waals surface area contributed by atoms with Crippen molar-refractivity contribution in [3.63, 3.8) is 0 Å². The molecule has 122 valence electrons. The average Bonchev–Trinajstić information content (AvgIpc) is 3.20. The van der Waals surface area contributed by atoms with Crippen molar-refractivity contribution in [2.24, 2.45) is 0 Å². The molecule has 0 aliphatic carbocycles. The fourth-order valence-electron chi connectivity index (χ4n) is 3.13. The van der Waals surface area contributed by atoms with Gasteiger partial charge in [0.05, 0.1) is 11.6 Å². The van der Waals surface area contributed by atoms with Gasteiger partial charge in [0.1, 0.15) is 0 Å². The van der Waals surface area contributed by atoms with Gasteiger partial charge in [0, 0.05) is 40.9 Å². The van der Waals surface area contributed by atoms with Crippen molar-refractivity contribution in [3.8, 4) is 16.5 Å². The first-order valence-corrected chi connectivity index (χ1v) is 8.81. The van der Waals surface area contributed by atoms with Crippen LogP contribution in [0, 0.1) is 18.3 Å². The Labute approximate surface area is 145 Å². The third kappa shape index (κ3) is 2.70. The summed E-state index contributed by atoms with van der Waals surface area (Å²) in [6.45, 7) is 5.29. The number of amides is 1. The lowest BCUT2D eigenvalue weighted by Crippen LogP contribution is -2.26. The smallest absolute Gasteiger partial charge is 0.247 e. The van der Waals surface area contributed by atoms with E-state index < -0.39 is 0 Å². The standard InChI is InChI=1S/C19H19N3OS/c1-3-6-22-11-14(9-17(22)23)19-13(10-20)8-15(21)12(2)18(19)16-5-4-7-24-16/h4-5,7-9H,3,6,11,21H2,1-2H3. The molecule has 1 amide bonds.